The number of hydrogen-bond acceptors (Lipinski definition) is 5. The van der Waals surface area contributed by atoms with Crippen LogP contribution in [0.4, 0.5) is 10.1 Å². The molecule has 0 radical (unpaired) electrons. The molecule has 0 aliphatic rings. The van der Waals surface area contributed by atoms with Gasteiger partial charge in [0, 0.05) is 6.26 Å². The van der Waals surface area contributed by atoms with Crippen LogP contribution in [0, 0.1) is 5.82 Å². The van der Waals surface area contributed by atoms with Crippen molar-refractivity contribution in [1.29, 1.82) is 0 Å². The van der Waals surface area contributed by atoms with Gasteiger partial charge in [-0.05, 0) is 24.6 Å². The van der Waals surface area contributed by atoms with Crippen LogP contribution in [0.25, 0.3) is 0 Å². The Balaban J connectivity index is 2.28. The third-order valence-corrected chi connectivity index (χ3v) is 4.94. The van der Waals surface area contributed by atoms with Gasteiger partial charge in [-0.1, -0.05) is 6.92 Å². The van der Waals surface area contributed by atoms with Crippen LogP contribution < -0.4 is 5.32 Å². The fourth-order valence-corrected chi connectivity index (χ4v) is 2.99. The van der Waals surface area contributed by atoms with Crippen LogP contribution in [0.15, 0.2) is 29.3 Å². The molecule has 0 bridgehead atoms. The average Bonchev–Trinajstić information content (AvgIpc) is 2.88. The maximum absolute atomic E-state index is 13.7. The van der Waals surface area contributed by atoms with Gasteiger partial charge in [0.1, 0.15) is 10.7 Å². The largest absolute Gasteiger partial charge is 0.319 e. The molecule has 0 fully saturated rings. The van der Waals surface area contributed by atoms with Crippen LogP contribution in [-0.2, 0) is 16.3 Å². The summed E-state index contributed by atoms with van der Waals surface area (Å²) in [5.41, 5.74) is -0.172. The second-order valence-electron chi connectivity index (χ2n) is 4.34. The number of aryl methyl sites for hydroxylation is 1. The zero-order valence-electron chi connectivity index (χ0n) is 11.4. The topological polar surface area (TPSA) is 76.1 Å². The number of aromatic nitrogens is 1. The van der Waals surface area contributed by atoms with Crippen molar-refractivity contribution < 1.29 is 17.6 Å². The Labute approximate surface area is 125 Å². The number of sulfone groups is 1. The summed E-state index contributed by atoms with van der Waals surface area (Å²) < 4.78 is 36.6. The van der Waals surface area contributed by atoms with E-state index in [1.54, 1.807) is 0 Å². The van der Waals surface area contributed by atoms with E-state index in [0.29, 0.717) is 11.3 Å². The molecule has 0 atom stereocenters. The van der Waals surface area contributed by atoms with E-state index in [9.17, 15) is 17.6 Å². The molecular weight excluding hydrogens is 315 g/mol. The summed E-state index contributed by atoms with van der Waals surface area (Å²) in [6, 6.07) is 3.27. The van der Waals surface area contributed by atoms with E-state index in [1.807, 2.05) is 6.92 Å². The first kappa shape index (κ1) is 15.6. The highest BCUT2D eigenvalue weighted by Crippen LogP contribution is 2.21. The Morgan fingerprint density at radius 2 is 2.14 bits per heavy atom. The van der Waals surface area contributed by atoms with E-state index in [2.05, 4.69) is 10.3 Å². The third kappa shape index (κ3) is 3.64. The molecule has 112 valence electrons. The van der Waals surface area contributed by atoms with Gasteiger partial charge in [-0.25, -0.2) is 17.8 Å². The fraction of sp³-hybridized carbons (Fsp3) is 0.231. The van der Waals surface area contributed by atoms with E-state index in [1.165, 1.54) is 17.5 Å². The van der Waals surface area contributed by atoms with Crippen molar-refractivity contribution >= 4 is 32.8 Å². The third-order valence-electron chi connectivity index (χ3n) is 2.69. The van der Waals surface area contributed by atoms with Crippen molar-refractivity contribution in [2.45, 2.75) is 18.2 Å². The SMILES string of the molecule is CCc1ncc(C(=O)Nc2cc(S(C)(=O)=O)ccc2F)s1. The molecule has 0 saturated heterocycles. The highest BCUT2D eigenvalue weighted by molar-refractivity contribution is 7.90. The van der Waals surface area contributed by atoms with E-state index >= 15 is 0 Å². The molecular formula is C13H13FN2O3S2. The molecule has 5 nitrogen and oxygen atoms in total. The van der Waals surface area contributed by atoms with Gasteiger partial charge in [0.15, 0.2) is 9.84 Å². The fourth-order valence-electron chi connectivity index (χ4n) is 1.59. The second-order valence-corrected chi connectivity index (χ2v) is 7.47. The summed E-state index contributed by atoms with van der Waals surface area (Å²) in [6.45, 7) is 1.91. The minimum Gasteiger partial charge on any atom is -0.319 e. The Bertz CT molecular complexity index is 784. The lowest BCUT2D eigenvalue weighted by Gasteiger charge is -2.07. The monoisotopic (exact) mass is 328 g/mol. The number of carbonyl (C=O) groups excluding carboxylic acids is 1. The lowest BCUT2D eigenvalue weighted by Crippen LogP contribution is -2.12. The number of nitrogens with zero attached hydrogens (tertiary/aromatic N) is 1. The summed E-state index contributed by atoms with van der Waals surface area (Å²) in [5, 5.41) is 3.17. The summed E-state index contributed by atoms with van der Waals surface area (Å²) >= 11 is 1.21. The molecule has 0 aliphatic carbocycles. The van der Waals surface area contributed by atoms with Gasteiger partial charge >= 0.3 is 0 Å². The molecule has 8 heteroatoms. The van der Waals surface area contributed by atoms with Gasteiger partial charge in [0.05, 0.1) is 21.8 Å². The average molecular weight is 328 g/mol. The van der Waals surface area contributed by atoms with Crippen LogP contribution in [-0.4, -0.2) is 25.6 Å². The number of thiazole rings is 1. The van der Waals surface area contributed by atoms with Crippen molar-refractivity contribution in [2.75, 3.05) is 11.6 Å². The number of nitrogens with one attached hydrogen (secondary N) is 1. The van der Waals surface area contributed by atoms with Gasteiger partial charge in [-0.3, -0.25) is 4.79 Å². The zero-order valence-corrected chi connectivity index (χ0v) is 13.0. The maximum atomic E-state index is 13.7. The molecule has 1 aromatic carbocycles. The number of benzene rings is 1. The maximum Gasteiger partial charge on any atom is 0.267 e. The number of anilines is 1. The number of rotatable bonds is 4. The molecule has 0 unspecified atom stereocenters. The van der Waals surface area contributed by atoms with Gasteiger partial charge in [0.2, 0.25) is 0 Å². The molecule has 1 heterocycles. The first-order valence-corrected chi connectivity index (χ1v) is 8.77. The molecule has 2 rings (SSSR count). The van der Waals surface area contributed by atoms with Crippen LogP contribution >= 0.6 is 11.3 Å². The lowest BCUT2D eigenvalue weighted by atomic mass is 10.3. The first-order valence-electron chi connectivity index (χ1n) is 6.07. The molecule has 0 aliphatic heterocycles. The summed E-state index contributed by atoms with van der Waals surface area (Å²) in [7, 11) is -3.47. The van der Waals surface area contributed by atoms with Crippen LogP contribution in [0.3, 0.4) is 0 Å². The summed E-state index contributed by atoms with van der Waals surface area (Å²) in [6.07, 6.45) is 3.13. The van der Waals surface area contributed by atoms with Crippen LogP contribution in [0.1, 0.15) is 21.6 Å². The standard InChI is InChI=1S/C13H13FN2O3S2/c1-3-12-15-7-11(20-12)13(17)16-10-6-8(21(2,18)19)4-5-9(10)14/h4-7H,3H2,1-2H3,(H,16,17). The van der Waals surface area contributed by atoms with Crippen molar-refractivity contribution in [3.63, 3.8) is 0 Å². The van der Waals surface area contributed by atoms with E-state index in [-0.39, 0.29) is 10.6 Å². The highest BCUT2D eigenvalue weighted by atomic mass is 32.2. The highest BCUT2D eigenvalue weighted by Gasteiger charge is 2.15. The van der Waals surface area contributed by atoms with Gasteiger partial charge < -0.3 is 5.32 Å². The minimum atomic E-state index is -3.47. The number of carbonyl (C=O) groups is 1. The molecule has 0 saturated carbocycles. The van der Waals surface area contributed by atoms with E-state index in [0.717, 1.165) is 29.5 Å². The van der Waals surface area contributed by atoms with Crippen molar-refractivity contribution in [3.05, 3.63) is 40.1 Å². The molecule has 21 heavy (non-hydrogen) atoms. The van der Waals surface area contributed by atoms with E-state index < -0.39 is 21.6 Å². The number of amides is 1. The quantitative estimate of drug-likeness (QED) is 0.875. The van der Waals surface area contributed by atoms with Crippen molar-refractivity contribution in [2.24, 2.45) is 0 Å². The summed E-state index contributed by atoms with van der Waals surface area (Å²) in [4.78, 5) is 16.3. The lowest BCUT2D eigenvalue weighted by molar-refractivity contribution is 0.103. The molecule has 2 aromatic rings. The first-order chi connectivity index (χ1) is 9.81. The second kappa shape index (κ2) is 5.90. The predicted octanol–water partition coefficient (Wildman–Crippen LogP) is 2.50. The van der Waals surface area contributed by atoms with Gasteiger partial charge in [-0.2, -0.15) is 0 Å². The molecule has 1 amide bonds. The van der Waals surface area contributed by atoms with Crippen LogP contribution in [0.2, 0.25) is 0 Å². The number of halogens is 1. The molecule has 0 spiro atoms. The number of hydrogen-bond donors (Lipinski definition) is 1. The Morgan fingerprint density at radius 1 is 1.43 bits per heavy atom. The van der Waals surface area contributed by atoms with Gasteiger partial charge in [-0.15, -0.1) is 11.3 Å². The van der Waals surface area contributed by atoms with Crippen molar-refractivity contribution in [3.8, 4) is 0 Å². The van der Waals surface area contributed by atoms with E-state index in [4.69, 9.17) is 0 Å². The Kier molecular flexibility index (Phi) is 4.38. The summed E-state index contributed by atoms with van der Waals surface area (Å²) in [5.74, 6) is -1.22. The van der Waals surface area contributed by atoms with Gasteiger partial charge in [0.25, 0.3) is 5.91 Å². The smallest absolute Gasteiger partial charge is 0.267 e. The van der Waals surface area contributed by atoms with Crippen molar-refractivity contribution in [1.82, 2.24) is 4.98 Å². The Morgan fingerprint density at radius 3 is 2.71 bits per heavy atom. The Hall–Kier alpha value is -1.80. The zero-order chi connectivity index (χ0) is 15.6. The molecule has 1 aromatic heterocycles. The normalized spacial score (nSPS) is 11.4. The molecule has 1 N–H and O–H groups in total. The minimum absolute atomic E-state index is 0.0576. The van der Waals surface area contributed by atoms with Crippen LogP contribution in [0.5, 0.6) is 0 Å². The predicted molar refractivity (Wildman–Crippen MR) is 79.0 cm³/mol.